The number of fused-ring (bicyclic) bond motifs is 1. The van der Waals surface area contributed by atoms with Gasteiger partial charge in [-0.25, -0.2) is 4.98 Å². The Morgan fingerprint density at radius 2 is 1.79 bits per heavy atom. The van der Waals surface area contributed by atoms with Crippen LogP contribution in [0.25, 0.3) is 16.9 Å². The molecule has 140 valence electrons. The van der Waals surface area contributed by atoms with Crippen molar-refractivity contribution in [1.82, 2.24) is 9.38 Å². The molecular formula is C23H20ClN3O. The van der Waals surface area contributed by atoms with Crippen molar-refractivity contribution in [2.75, 3.05) is 5.32 Å². The van der Waals surface area contributed by atoms with E-state index in [2.05, 4.69) is 5.32 Å². The summed E-state index contributed by atoms with van der Waals surface area (Å²) in [7, 11) is 0. The first kappa shape index (κ1) is 18.3. The number of imidazole rings is 1. The molecule has 0 fully saturated rings. The average molecular weight is 390 g/mol. The van der Waals surface area contributed by atoms with Crippen molar-refractivity contribution in [2.45, 2.75) is 19.8 Å². The summed E-state index contributed by atoms with van der Waals surface area (Å²) in [6.07, 6.45) is 2.94. The van der Waals surface area contributed by atoms with Crippen LogP contribution in [0, 0.1) is 6.92 Å². The Hall–Kier alpha value is -3.11. The third-order valence-electron chi connectivity index (χ3n) is 4.75. The minimum absolute atomic E-state index is 0.0118. The SMILES string of the molecule is Cc1ccccc1NC(=O)CCc1c(-c2ccc(Cl)cc2)nc2ccccn12. The molecule has 4 nitrogen and oxygen atoms in total. The number of aryl methyl sites for hydroxylation is 2. The van der Waals surface area contributed by atoms with Crippen LogP contribution in [-0.4, -0.2) is 15.3 Å². The smallest absolute Gasteiger partial charge is 0.224 e. The molecule has 2 aromatic carbocycles. The zero-order chi connectivity index (χ0) is 19.5. The molecular weight excluding hydrogens is 370 g/mol. The Labute approximate surface area is 168 Å². The fraction of sp³-hybridized carbons (Fsp3) is 0.130. The van der Waals surface area contributed by atoms with E-state index in [1.807, 2.05) is 84.3 Å². The molecule has 0 aliphatic carbocycles. The molecule has 5 heteroatoms. The number of hydrogen-bond acceptors (Lipinski definition) is 2. The Balaban J connectivity index is 1.60. The van der Waals surface area contributed by atoms with Crippen LogP contribution < -0.4 is 5.32 Å². The van der Waals surface area contributed by atoms with E-state index in [1.165, 1.54) is 0 Å². The predicted molar refractivity (Wildman–Crippen MR) is 114 cm³/mol. The second-order valence-electron chi connectivity index (χ2n) is 6.71. The molecule has 4 rings (SSSR count). The number of rotatable bonds is 5. The number of hydrogen-bond donors (Lipinski definition) is 1. The molecule has 0 atom stereocenters. The molecule has 0 saturated heterocycles. The second kappa shape index (κ2) is 7.87. The van der Waals surface area contributed by atoms with Crippen LogP contribution in [-0.2, 0) is 11.2 Å². The standard InChI is InChI=1S/C23H20ClN3O/c1-16-6-2-3-7-19(16)25-22(28)14-13-20-23(17-9-11-18(24)12-10-17)26-21-8-4-5-15-27(20)21/h2-12,15H,13-14H2,1H3,(H,25,28). The van der Waals surface area contributed by atoms with E-state index in [9.17, 15) is 4.79 Å². The van der Waals surface area contributed by atoms with Gasteiger partial charge in [0, 0.05) is 28.9 Å². The molecule has 0 aliphatic rings. The summed E-state index contributed by atoms with van der Waals surface area (Å²) in [5, 5.41) is 3.69. The average Bonchev–Trinajstić information content (AvgIpc) is 3.07. The monoisotopic (exact) mass is 389 g/mol. The number of benzene rings is 2. The highest BCUT2D eigenvalue weighted by molar-refractivity contribution is 6.30. The number of carbonyl (C=O) groups is 1. The van der Waals surface area contributed by atoms with Gasteiger partial charge in [-0.3, -0.25) is 4.79 Å². The van der Waals surface area contributed by atoms with Crippen molar-refractivity contribution in [3.63, 3.8) is 0 Å². The van der Waals surface area contributed by atoms with Crippen LogP contribution in [0.3, 0.4) is 0 Å². The summed E-state index contributed by atoms with van der Waals surface area (Å²) >= 11 is 6.03. The maximum atomic E-state index is 12.5. The van der Waals surface area contributed by atoms with Gasteiger partial charge < -0.3 is 9.72 Å². The molecule has 28 heavy (non-hydrogen) atoms. The Morgan fingerprint density at radius 3 is 2.57 bits per heavy atom. The van der Waals surface area contributed by atoms with Gasteiger partial charge in [-0.15, -0.1) is 0 Å². The molecule has 4 aromatic rings. The molecule has 1 N–H and O–H groups in total. The zero-order valence-corrected chi connectivity index (χ0v) is 16.3. The number of para-hydroxylation sites is 1. The number of nitrogens with one attached hydrogen (secondary N) is 1. The molecule has 0 unspecified atom stereocenters. The highest BCUT2D eigenvalue weighted by Gasteiger charge is 2.15. The third kappa shape index (κ3) is 3.78. The first-order valence-corrected chi connectivity index (χ1v) is 9.57. The molecule has 2 aromatic heterocycles. The predicted octanol–water partition coefficient (Wildman–Crippen LogP) is 5.53. The van der Waals surface area contributed by atoms with E-state index in [4.69, 9.17) is 16.6 Å². The summed E-state index contributed by atoms with van der Waals surface area (Å²) in [5.41, 5.74) is 5.64. The second-order valence-corrected chi connectivity index (χ2v) is 7.14. The summed E-state index contributed by atoms with van der Waals surface area (Å²) in [4.78, 5) is 17.3. The Bertz CT molecular complexity index is 1130. The maximum Gasteiger partial charge on any atom is 0.224 e. The number of pyridine rings is 1. The highest BCUT2D eigenvalue weighted by atomic mass is 35.5. The van der Waals surface area contributed by atoms with Gasteiger partial charge in [0.15, 0.2) is 0 Å². The van der Waals surface area contributed by atoms with Crippen molar-refractivity contribution in [3.8, 4) is 11.3 Å². The molecule has 0 saturated carbocycles. The summed E-state index contributed by atoms with van der Waals surface area (Å²) < 4.78 is 2.05. The van der Waals surface area contributed by atoms with Crippen molar-refractivity contribution >= 4 is 28.8 Å². The summed E-state index contributed by atoms with van der Waals surface area (Å²) in [6.45, 7) is 1.98. The van der Waals surface area contributed by atoms with Crippen LogP contribution in [0.15, 0.2) is 72.9 Å². The van der Waals surface area contributed by atoms with Gasteiger partial charge in [-0.1, -0.05) is 48.0 Å². The van der Waals surface area contributed by atoms with Gasteiger partial charge in [-0.05, 0) is 49.2 Å². The van der Waals surface area contributed by atoms with Crippen LogP contribution in [0.5, 0.6) is 0 Å². The van der Waals surface area contributed by atoms with Crippen molar-refractivity contribution in [3.05, 3.63) is 89.2 Å². The number of nitrogens with zero attached hydrogens (tertiary/aromatic N) is 2. The van der Waals surface area contributed by atoms with Gasteiger partial charge in [0.25, 0.3) is 0 Å². The molecule has 0 spiro atoms. The molecule has 1 amide bonds. The molecule has 0 bridgehead atoms. The summed E-state index contributed by atoms with van der Waals surface area (Å²) in [6, 6.07) is 21.3. The van der Waals surface area contributed by atoms with E-state index in [0.29, 0.717) is 17.9 Å². The molecule has 0 aliphatic heterocycles. The minimum atomic E-state index is -0.0118. The van der Waals surface area contributed by atoms with Crippen LogP contribution in [0.4, 0.5) is 5.69 Å². The van der Waals surface area contributed by atoms with Crippen LogP contribution in [0.2, 0.25) is 5.02 Å². The lowest BCUT2D eigenvalue weighted by molar-refractivity contribution is -0.116. The van der Waals surface area contributed by atoms with Crippen molar-refractivity contribution in [2.24, 2.45) is 0 Å². The normalized spacial score (nSPS) is 10.9. The van der Waals surface area contributed by atoms with Crippen molar-refractivity contribution < 1.29 is 4.79 Å². The first-order valence-electron chi connectivity index (χ1n) is 9.19. The fourth-order valence-electron chi connectivity index (χ4n) is 3.28. The van der Waals surface area contributed by atoms with E-state index < -0.39 is 0 Å². The lowest BCUT2D eigenvalue weighted by Crippen LogP contribution is -2.13. The zero-order valence-electron chi connectivity index (χ0n) is 15.5. The fourth-order valence-corrected chi connectivity index (χ4v) is 3.41. The number of anilines is 1. The number of amides is 1. The Morgan fingerprint density at radius 1 is 1.04 bits per heavy atom. The van der Waals surface area contributed by atoms with E-state index in [-0.39, 0.29) is 5.91 Å². The quantitative estimate of drug-likeness (QED) is 0.487. The lowest BCUT2D eigenvalue weighted by atomic mass is 10.1. The first-order chi connectivity index (χ1) is 13.6. The van der Waals surface area contributed by atoms with Crippen LogP contribution in [0.1, 0.15) is 17.7 Å². The number of halogens is 1. The summed E-state index contributed by atoms with van der Waals surface area (Å²) in [5.74, 6) is -0.0118. The topological polar surface area (TPSA) is 46.4 Å². The largest absolute Gasteiger partial charge is 0.326 e. The maximum absolute atomic E-state index is 12.5. The van der Waals surface area contributed by atoms with Gasteiger partial charge in [0.1, 0.15) is 5.65 Å². The molecule has 0 radical (unpaired) electrons. The molecule has 2 heterocycles. The third-order valence-corrected chi connectivity index (χ3v) is 5.01. The van der Waals surface area contributed by atoms with E-state index >= 15 is 0 Å². The van der Waals surface area contributed by atoms with E-state index in [1.54, 1.807) is 0 Å². The van der Waals surface area contributed by atoms with Gasteiger partial charge in [-0.2, -0.15) is 0 Å². The van der Waals surface area contributed by atoms with Crippen LogP contribution >= 0.6 is 11.6 Å². The Kier molecular flexibility index (Phi) is 5.13. The lowest BCUT2D eigenvalue weighted by Gasteiger charge is -2.09. The van der Waals surface area contributed by atoms with Gasteiger partial charge in [0.2, 0.25) is 5.91 Å². The van der Waals surface area contributed by atoms with Gasteiger partial charge >= 0.3 is 0 Å². The van der Waals surface area contributed by atoms with Gasteiger partial charge in [0.05, 0.1) is 11.4 Å². The van der Waals surface area contributed by atoms with E-state index in [0.717, 1.165) is 33.8 Å². The minimum Gasteiger partial charge on any atom is -0.326 e. The number of carbonyl (C=O) groups excluding carboxylic acids is 1. The highest BCUT2D eigenvalue weighted by Crippen LogP contribution is 2.27. The number of aromatic nitrogens is 2. The van der Waals surface area contributed by atoms with Crippen molar-refractivity contribution in [1.29, 1.82) is 0 Å².